The van der Waals surface area contributed by atoms with Gasteiger partial charge in [0.15, 0.2) is 5.82 Å². The number of pyridine rings is 1. The van der Waals surface area contributed by atoms with Gasteiger partial charge in [-0.15, -0.1) is 0 Å². The molecule has 1 fully saturated rings. The highest BCUT2D eigenvalue weighted by molar-refractivity contribution is 5.95. The molecule has 0 aliphatic carbocycles. The fraction of sp³-hybridized carbons (Fsp3) is 0.333. The number of aryl methyl sites for hydroxylation is 2. The van der Waals surface area contributed by atoms with E-state index < -0.39 is 0 Å². The van der Waals surface area contributed by atoms with E-state index in [-0.39, 0.29) is 12.0 Å². The summed E-state index contributed by atoms with van der Waals surface area (Å²) >= 11 is 0. The molecule has 0 unspecified atom stereocenters. The van der Waals surface area contributed by atoms with Gasteiger partial charge in [0, 0.05) is 50.3 Å². The molecule has 7 nitrogen and oxygen atoms in total. The summed E-state index contributed by atoms with van der Waals surface area (Å²) in [5.41, 5.74) is 1.51. The van der Waals surface area contributed by atoms with Gasteiger partial charge in [-0.05, 0) is 31.2 Å². The Morgan fingerprint density at radius 1 is 1.18 bits per heavy atom. The van der Waals surface area contributed by atoms with E-state index >= 15 is 0 Å². The minimum atomic E-state index is 0.0364. The van der Waals surface area contributed by atoms with E-state index in [1.807, 2.05) is 55.3 Å². The Labute approximate surface area is 164 Å². The summed E-state index contributed by atoms with van der Waals surface area (Å²) in [7, 11) is 1.86. The number of likely N-dealkylation sites (tertiary alicyclic amines) is 1. The van der Waals surface area contributed by atoms with Crippen molar-refractivity contribution < 1.29 is 9.53 Å². The lowest BCUT2D eigenvalue weighted by molar-refractivity contribution is 0.0595. The van der Waals surface area contributed by atoms with E-state index in [0.29, 0.717) is 24.5 Å². The number of piperidine rings is 1. The van der Waals surface area contributed by atoms with Crippen molar-refractivity contribution in [3.63, 3.8) is 0 Å². The quantitative estimate of drug-likeness (QED) is 0.699. The molecule has 28 heavy (non-hydrogen) atoms. The molecule has 0 N–H and O–H groups in total. The van der Waals surface area contributed by atoms with Crippen molar-refractivity contribution in [2.75, 3.05) is 13.1 Å². The van der Waals surface area contributed by atoms with Crippen molar-refractivity contribution in [2.24, 2.45) is 7.05 Å². The highest BCUT2D eigenvalue weighted by Gasteiger charge is 2.25. The molecule has 2 aromatic heterocycles. The number of amides is 1. The van der Waals surface area contributed by atoms with Crippen LogP contribution >= 0.6 is 0 Å². The van der Waals surface area contributed by atoms with Crippen LogP contribution in [0, 0.1) is 6.92 Å². The summed E-state index contributed by atoms with van der Waals surface area (Å²) in [5, 5.41) is 4.40. The van der Waals surface area contributed by atoms with Crippen molar-refractivity contribution in [1.82, 2.24) is 24.6 Å². The highest BCUT2D eigenvalue weighted by atomic mass is 16.5. The standard InChI is InChI=1S/C21H23N5O2/c1-15-23-20(24-25(15)2)16-5-3-6-17(13-16)21(27)26-11-8-18(9-12-26)28-19-7-4-10-22-14-19/h3-7,10,13-14,18H,8-9,11-12H2,1-2H3. The van der Waals surface area contributed by atoms with Crippen LogP contribution in [0.15, 0.2) is 48.8 Å². The Kier molecular flexibility index (Phi) is 5.06. The molecule has 3 heterocycles. The smallest absolute Gasteiger partial charge is 0.253 e. The van der Waals surface area contributed by atoms with Gasteiger partial charge in [-0.1, -0.05) is 12.1 Å². The number of rotatable bonds is 4. The molecule has 4 rings (SSSR count). The number of carbonyl (C=O) groups excluding carboxylic acids is 1. The molecule has 0 bridgehead atoms. The van der Waals surface area contributed by atoms with E-state index in [2.05, 4.69) is 15.1 Å². The third kappa shape index (κ3) is 3.88. The predicted octanol–water partition coefficient (Wildman–Crippen LogP) is 2.87. The largest absolute Gasteiger partial charge is 0.489 e. The van der Waals surface area contributed by atoms with Crippen LogP contribution in [0.2, 0.25) is 0 Å². The molecule has 0 saturated carbocycles. The molecule has 1 saturated heterocycles. The molecule has 1 aromatic carbocycles. The first-order chi connectivity index (χ1) is 13.6. The van der Waals surface area contributed by atoms with E-state index in [1.165, 1.54) is 0 Å². The van der Waals surface area contributed by atoms with Gasteiger partial charge >= 0.3 is 0 Å². The Morgan fingerprint density at radius 3 is 2.68 bits per heavy atom. The molecule has 0 atom stereocenters. The average molecular weight is 377 g/mol. The van der Waals surface area contributed by atoms with Crippen LogP contribution in [-0.4, -0.2) is 49.7 Å². The third-order valence-electron chi connectivity index (χ3n) is 5.01. The van der Waals surface area contributed by atoms with Crippen molar-refractivity contribution in [3.8, 4) is 17.1 Å². The Balaban J connectivity index is 1.41. The van der Waals surface area contributed by atoms with Gasteiger partial charge < -0.3 is 9.64 Å². The summed E-state index contributed by atoms with van der Waals surface area (Å²) in [6.07, 6.45) is 5.17. The topological polar surface area (TPSA) is 73.1 Å². The molecular weight excluding hydrogens is 354 g/mol. The average Bonchev–Trinajstić information content (AvgIpc) is 3.07. The van der Waals surface area contributed by atoms with Gasteiger partial charge in [0.05, 0.1) is 6.20 Å². The number of aromatic nitrogens is 4. The Bertz CT molecular complexity index is 942. The SMILES string of the molecule is Cc1nc(-c2cccc(C(=O)N3CCC(Oc4cccnc4)CC3)c2)nn1C. The maximum absolute atomic E-state index is 12.9. The molecule has 0 spiro atoms. The first-order valence-electron chi connectivity index (χ1n) is 9.44. The zero-order chi connectivity index (χ0) is 19.5. The second kappa shape index (κ2) is 7.80. The van der Waals surface area contributed by atoms with Gasteiger partial charge in [-0.3, -0.25) is 14.5 Å². The maximum Gasteiger partial charge on any atom is 0.253 e. The van der Waals surface area contributed by atoms with Crippen LogP contribution in [-0.2, 0) is 7.05 Å². The summed E-state index contributed by atoms with van der Waals surface area (Å²) in [5.74, 6) is 2.29. The Hall–Kier alpha value is -3.22. The summed E-state index contributed by atoms with van der Waals surface area (Å²) in [6.45, 7) is 3.26. The third-order valence-corrected chi connectivity index (χ3v) is 5.01. The van der Waals surface area contributed by atoms with Gasteiger partial charge in [0.2, 0.25) is 0 Å². The zero-order valence-corrected chi connectivity index (χ0v) is 16.1. The van der Waals surface area contributed by atoms with Crippen molar-refractivity contribution in [2.45, 2.75) is 25.9 Å². The van der Waals surface area contributed by atoms with E-state index in [9.17, 15) is 4.79 Å². The van der Waals surface area contributed by atoms with Crippen molar-refractivity contribution in [1.29, 1.82) is 0 Å². The molecule has 1 aliphatic rings. The molecule has 144 valence electrons. The van der Waals surface area contributed by atoms with Gasteiger partial charge in [0.25, 0.3) is 5.91 Å². The molecule has 1 aliphatic heterocycles. The first-order valence-corrected chi connectivity index (χ1v) is 9.44. The summed E-state index contributed by atoms with van der Waals surface area (Å²) in [6, 6.07) is 11.3. The monoisotopic (exact) mass is 377 g/mol. The number of carbonyl (C=O) groups is 1. The molecule has 3 aromatic rings. The van der Waals surface area contributed by atoms with Crippen LogP contribution in [0.4, 0.5) is 0 Å². The molecule has 1 amide bonds. The summed E-state index contributed by atoms with van der Waals surface area (Å²) < 4.78 is 7.69. The normalized spacial score (nSPS) is 14.9. The minimum absolute atomic E-state index is 0.0364. The maximum atomic E-state index is 12.9. The minimum Gasteiger partial charge on any atom is -0.489 e. The van der Waals surface area contributed by atoms with Crippen LogP contribution in [0.25, 0.3) is 11.4 Å². The number of hydrogen-bond donors (Lipinski definition) is 0. The summed E-state index contributed by atoms with van der Waals surface area (Å²) in [4.78, 5) is 23.4. The van der Waals surface area contributed by atoms with Gasteiger partial charge in [-0.25, -0.2) is 4.98 Å². The lowest BCUT2D eigenvalue weighted by Gasteiger charge is -2.32. The highest BCUT2D eigenvalue weighted by Crippen LogP contribution is 2.22. The van der Waals surface area contributed by atoms with Gasteiger partial charge in [-0.2, -0.15) is 5.10 Å². The molecular formula is C21H23N5O2. The van der Waals surface area contributed by atoms with E-state index in [1.54, 1.807) is 17.1 Å². The van der Waals surface area contributed by atoms with Crippen LogP contribution in [0.1, 0.15) is 29.0 Å². The fourth-order valence-corrected chi connectivity index (χ4v) is 3.34. The number of benzene rings is 1. The first kappa shape index (κ1) is 18.2. The van der Waals surface area contributed by atoms with Crippen LogP contribution in [0.5, 0.6) is 5.75 Å². The van der Waals surface area contributed by atoms with Gasteiger partial charge in [0.1, 0.15) is 17.7 Å². The van der Waals surface area contributed by atoms with Crippen LogP contribution < -0.4 is 4.74 Å². The van der Waals surface area contributed by atoms with E-state index in [4.69, 9.17) is 4.74 Å². The lowest BCUT2D eigenvalue weighted by atomic mass is 10.0. The Morgan fingerprint density at radius 2 is 2.00 bits per heavy atom. The molecule has 7 heteroatoms. The molecule has 0 radical (unpaired) electrons. The van der Waals surface area contributed by atoms with Crippen LogP contribution in [0.3, 0.4) is 0 Å². The number of nitrogens with zero attached hydrogens (tertiary/aromatic N) is 5. The second-order valence-electron chi connectivity index (χ2n) is 6.99. The van der Waals surface area contributed by atoms with E-state index in [0.717, 1.165) is 30.0 Å². The lowest BCUT2D eigenvalue weighted by Crippen LogP contribution is -2.41. The van der Waals surface area contributed by atoms with Crippen molar-refractivity contribution >= 4 is 5.91 Å². The predicted molar refractivity (Wildman–Crippen MR) is 105 cm³/mol. The number of hydrogen-bond acceptors (Lipinski definition) is 5. The fourth-order valence-electron chi connectivity index (χ4n) is 3.34. The van der Waals surface area contributed by atoms with Crippen molar-refractivity contribution in [3.05, 3.63) is 60.2 Å². The second-order valence-corrected chi connectivity index (χ2v) is 6.99. The zero-order valence-electron chi connectivity index (χ0n) is 16.1. The number of ether oxygens (including phenoxy) is 1.